The van der Waals surface area contributed by atoms with Crippen LogP contribution in [0.4, 0.5) is 0 Å². The van der Waals surface area contributed by atoms with Crippen molar-refractivity contribution in [3.8, 4) is 0 Å². The number of piperidine rings is 1. The maximum absolute atomic E-state index is 12.4. The highest BCUT2D eigenvalue weighted by Gasteiger charge is 2.38. The van der Waals surface area contributed by atoms with Crippen molar-refractivity contribution in [3.05, 3.63) is 0 Å². The molecule has 0 spiro atoms. The minimum atomic E-state index is 0.142. The standard InChI is InChI=1S/C16H27NO2/c1-12(2)9-10-16(19)17-11-4-3-7-14(17)13-6-5-8-15(13)18/h12-14H,3-11H2,1-2H3. The van der Waals surface area contributed by atoms with Crippen LogP contribution >= 0.6 is 0 Å². The van der Waals surface area contributed by atoms with E-state index in [0.29, 0.717) is 18.1 Å². The Morgan fingerprint density at radius 1 is 1.26 bits per heavy atom. The molecule has 108 valence electrons. The Labute approximate surface area is 116 Å². The van der Waals surface area contributed by atoms with Crippen LogP contribution in [0.3, 0.4) is 0 Å². The summed E-state index contributed by atoms with van der Waals surface area (Å²) in [5.74, 6) is 1.38. The van der Waals surface area contributed by atoms with E-state index in [1.165, 1.54) is 6.42 Å². The van der Waals surface area contributed by atoms with E-state index in [1.54, 1.807) is 0 Å². The van der Waals surface area contributed by atoms with E-state index >= 15 is 0 Å². The van der Waals surface area contributed by atoms with Crippen LogP contribution in [-0.2, 0) is 9.59 Å². The van der Waals surface area contributed by atoms with Gasteiger partial charge in [0.2, 0.25) is 5.91 Å². The van der Waals surface area contributed by atoms with Crippen molar-refractivity contribution >= 4 is 11.7 Å². The van der Waals surface area contributed by atoms with Gasteiger partial charge >= 0.3 is 0 Å². The highest BCUT2D eigenvalue weighted by Crippen LogP contribution is 2.33. The fourth-order valence-electron chi connectivity index (χ4n) is 3.49. The van der Waals surface area contributed by atoms with Gasteiger partial charge in [0.05, 0.1) is 0 Å². The third-order valence-electron chi connectivity index (χ3n) is 4.62. The van der Waals surface area contributed by atoms with Gasteiger partial charge in [-0.25, -0.2) is 0 Å². The number of ketones is 1. The van der Waals surface area contributed by atoms with Crippen molar-refractivity contribution < 1.29 is 9.59 Å². The molecule has 1 aliphatic carbocycles. The molecule has 2 rings (SSSR count). The van der Waals surface area contributed by atoms with E-state index in [2.05, 4.69) is 13.8 Å². The first-order valence-electron chi connectivity index (χ1n) is 7.91. The van der Waals surface area contributed by atoms with E-state index in [4.69, 9.17) is 0 Å². The molecule has 0 aromatic carbocycles. The van der Waals surface area contributed by atoms with Gasteiger partial charge in [0.15, 0.2) is 0 Å². The number of likely N-dealkylation sites (tertiary alicyclic amines) is 1. The molecule has 19 heavy (non-hydrogen) atoms. The molecule has 3 nitrogen and oxygen atoms in total. The molecule has 2 unspecified atom stereocenters. The van der Waals surface area contributed by atoms with Gasteiger partial charge < -0.3 is 4.90 Å². The molecule has 0 radical (unpaired) electrons. The fourth-order valence-corrected chi connectivity index (χ4v) is 3.49. The molecule has 0 bridgehead atoms. The Morgan fingerprint density at radius 3 is 2.68 bits per heavy atom. The molecule has 1 amide bonds. The van der Waals surface area contributed by atoms with Crippen molar-refractivity contribution in [1.29, 1.82) is 0 Å². The van der Waals surface area contributed by atoms with Crippen molar-refractivity contribution in [2.75, 3.05) is 6.54 Å². The number of hydrogen-bond donors (Lipinski definition) is 0. The summed E-state index contributed by atoms with van der Waals surface area (Å²) in [7, 11) is 0. The lowest BCUT2D eigenvalue weighted by Crippen LogP contribution is -2.48. The van der Waals surface area contributed by atoms with Crippen LogP contribution in [-0.4, -0.2) is 29.2 Å². The van der Waals surface area contributed by atoms with Gasteiger partial charge in [-0.05, 0) is 44.4 Å². The number of Topliss-reactive ketones (excluding diaryl/α,β-unsaturated/α-hetero) is 1. The lowest BCUT2D eigenvalue weighted by molar-refractivity contribution is -0.138. The number of carbonyl (C=O) groups excluding carboxylic acids is 2. The number of rotatable bonds is 4. The molecular formula is C16H27NO2. The second-order valence-electron chi connectivity index (χ2n) is 6.55. The third kappa shape index (κ3) is 3.58. The van der Waals surface area contributed by atoms with Crippen molar-refractivity contribution in [2.24, 2.45) is 11.8 Å². The van der Waals surface area contributed by atoms with Crippen LogP contribution in [0.25, 0.3) is 0 Å². The Bertz CT molecular complexity index is 338. The lowest BCUT2D eigenvalue weighted by atomic mass is 9.88. The number of nitrogens with zero attached hydrogens (tertiary/aromatic N) is 1. The van der Waals surface area contributed by atoms with Crippen LogP contribution in [0.15, 0.2) is 0 Å². The van der Waals surface area contributed by atoms with Crippen LogP contribution in [0, 0.1) is 11.8 Å². The Morgan fingerprint density at radius 2 is 2.05 bits per heavy atom. The molecule has 0 N–H and O–H groups in total. The molecule has 1 saturated carbocycles. The summed E-state index contributed by atoms with van der Waals surface area (Å²) >= 11 is 0. The zero-order valence-corrected chi connectivity index (χ0v) is 12.4. The topological polar surface area (TPSA) is 37.4 Å². The monoisotopic (exact) mass is 265 g/mol. The Kier molecular flexibility index (Phi) is 5.00. The quantitative estimate of drug-likeness (QED) is 0.783. The summed E-state index contributed by atoms with van der Waals surface area (Å²) in [6, 6.07) is 0.211. The van der Waals surface area contributed by atoms with Crippen LogP contribution in [0.1, 0.15) is 65.2 Å². The van der Waals surface area contributed by atoms with Gasteiger partial charge in [0.25, 0.3) is 0 Å². The zero-order chi connectivity index (χ0) is 13.8. The summed E-state index contributed by atoms with van der Waals surface area (Å²) in [5.41, 5.74) is 0. The van der Waals surface area contributed by atoms with Gasteiger partial charge in [0, 0.05) is 31.3 Å². The highest BCUT2D eigenvalue weighted by atomic mass is 16.2. The van der Waals surface area contributed by atoms with E-state index < -0.39 is 0 Å². The largest absolute Gasteiger partial charge is 0.339 e. The molecule has 1 heterocycles. The average molecular weight is 265 g/mol. The summed E-state index contributed by atoms with van der Waals surface area (Å²) < 4.78 is 0. The first-order valence-corrected chi connectivity index (χ1v) is 7.91. The predicted molar refractivity (Wildman–Crippen MR) is 75.8 cm³/mol. The van der Waals surface area contributed by atoms with Crippen molar-refractivity contribution in [1.82, 2.24) is 4.90 Å². The number of carbonyl (C=O) groups is 2. The van der Waals surface area contributed by atoms with Gasteiger partial charge in [-0.15, -0.1) is 0 Å². The molecule has 2 atom stereocenters. The third-order valence-corrected chi connectivity index (χ3v) is 4.62. The van der Waals surface area contributed by atoms with E-state index in [9.17, 15) is 9.59 Å². The summed E-state index contributed by atoms with van der Waals surface area (Å²) in [6.45, 7) is 5.17. The van der Waals surface area contributed by atoms with Gasteiger partial charge in [0.1, 0.15) is 5.78 Å². The summed E-state index contributed by atoms with van der Waals surface area (Å²) in [4.78, 5) is 26.4. The lowest BCUT2D eigenvalue weighted by Gasteiger charge is -2.39. The fraction of sp³-hybridized carbons (Fsp3) is 0.875. The maximum atomic E-state index is 12.4. The molecule has 1 saturated heterocycles. The average Bonchev–Trinajstić information content (AvgIpc) is 2.82. The first kappa shape index (κ1) is 14.5. The van der Waals surface area contributed by atoms with Gasteiger partial charge in [-0.2, -0.15) is 0 Å². The highest BCUT2D eigenvalue weighted by molar-refractivity contribution is 5.85. The summed E-state index contributed by atoms with van der Waals surface area (Å²) in [5, 5.41) is 0. The van der Waals surface area contributed by atoms with Crippen LogP contribution < -0.4 is 0 Å². The van der Waals surface area contributed by atoms with Crippen LogP contribution in [0.5, 0.6) is 0 Å². The number of amides is 1. The molecule has 1 aliphatic heterocycles. The van der Waals surface area contributed by atoms with E-state index in [-0.39, 0.29) is 17.9 Å². The van der Waals surface area contributed by atoms with Crippen molar-refractivity contribution in [3.63, 3.8) is 0 Å². The molecule has 0 aromatic heterocycles. The minimum Gasteiger partial charge on any atom is -0.339 e. The van der Waals surface area contributed by atoms with Crippen molar-refractivity contribution in [2.45, 2.75) is 71.3 Å². The Balaban J connectivity index is 1.99. The maximum Gasteiger partial charge on any atom is 0.222 e. The van der Waals surface area contributed by atoms with Crippen LogP contribution in [0.2, 0.25) is 0 Å². The molecule has 2 aliphatic rings. The van der Waals surface area contributed by atoms with Gasteiger partial charge in [-0.1, -0.05) is 13.8 Å². The first-order chi connectivity index (χ1) is 9.09. The van der Waals surface area contributed by atoms with E-state index in [0.717, 1.165) is 45.1 Å². The number of hydrogen-bond acceptors (Lipinski definition) is 2. The molecular weight excluding hydrogens is 238 g/mol. The zero-order valence-electron chi connectivity index (χ0n) is 12.4. The molecule has 3 heteroatoms. The SMILES string of the molecule is CC(C)CCC(=O)N1CCCCC1C1CCCC1=O. The second kappa shape index (κ2) is 6.53. The minimum absolute atomic E-state index is 0.142. The van der Waals surface area contributed by atoms with Gasteiger partial charge in [-0.3, -0.25) is 9.59 Å². The molecule has 2 fully saturated rings. The predicted octanol–water partition coefficient (Wildman–Crippen LogP) is 3.17. The second-order valence-corrected chi connectivity index (χ2v) is 6.55. The normalized spacial score (nSPS) is 28.2. The van der Waals surface area contributed by atoms with E-state index in [1.807, 2.05) is 4.90 Å². The molecule has 0 aromatic rings. The Hall–Kier alpha value is -0.860. The summed E-state index contributed by atoms with van der Waals surface area (Å²) in [6.07, 6.45) is 7.66. The smallest absolute Gasteiger partial charge is 0.222 e.